The fourth-order valence-electron chi connectivity index (χ4n) is 3.79. The number of benzene rings is 3. The molecule has 1 fully saturated rings. The second kappa shape index (κ2) is 7.59. The number of amidine groups is 1. The molecular formula is C23H21N3O3S. The van der Waals surface area contributed by atoms with Gasteiger partial charge in [-0.1, -0.05) is 42.5 Å². The highest BCUT2D eigenvalue weighted by Gasteiger charge is 2.31. The van der Waals surface area contributed by atoms with Crippen LogP contribution in [0.1, 0.15) is 5.56 Å². The summed E-state index contributed by atoms with van der Waals surface area (Å²) in [7, 11) is -3.49. The number of sulfonamides is 1. The molecule has 0 radical (unpaired) electrons. The SMILES string of the molecule is O=S(=O)(c1ccccc1)N1CCN(C2=Nc3ccccc3Oc3ccccc32)CC1. The van der Waals surface area contributed by atoms with Gasteiger partial charge >= 0.3 is 0 Å². The first-order valence-electron chi connectivity index (χ1n) is 9.88. The second-order valence-electron chi connectivity index (χ2n) is 7.21. The Kier molecular flexibility index (Phi) is 4.77. The zero-order valence-electron chi connectivity index (χ0n) is 16.3. The number of para-hydroxylation sites is 3. The Hall–Kier alpha value is -3.16. The van der Waals surface area contributed by atoms with Crippen LogP contribution in [0.3, 0.4) is 0 Å². The van der Waals surface area contributed by atoms with E-state index in [9.17, 15) is 8.42 Å². The highest BCUT2D eigenvalue weighted by atomic mass is 32.2. The van der Waals surface area contributed by atoms with Crippen LogP contribution >= 0.6 is 0 Å². The van der Waals surface area contributed by atoms with Crippen LogP contribution in [0.5, 0.6) is 11.5 Å². The standard InChI is InChI=1S/C23H21N3O3S/c27-30(28,18-8-2-1-3-9-18)26-16-14-25(15-17-26)23-19-10-4-6-12-21(19)29-22-13-7-5-11-20(22)24-23/h1-13H,14-17H2. The van der Waals surface area contributed by atoms with Crippen molar-refractivity contribution in [2.75, 3.05) is 26.2 Å². The summed E-state index contributed by atoms with van der Waals surface area (Å²) in [5.41, 5.74) is 1.68. The summed E-state index contributed by atoms with van der Waals surface area (Å²) < 4.78 is 33.5. The van der Waals surface area contributed by atoms with Crippen LogP contribution in [0.25, 0.3) is 0 Å². The Bertz CT molecular complexity index is 1200. The first kappa shape index (κ1) is 18.8. The molecular weight excluding hydrogens is 398 g/mol. The maximum atomic E-state index is 12.9. The Morgan fingerprint density at radius 3 is 2.13 bits per heavy atom. The molecule has 7 heteroatoms. The van der Waals surface area contributed by atoms with Gasteiger partial charge in [0.2, 0.25) is 10.0 Å². The molecule has 3 aromatic rings. The molecule has 3 aromatic carbocycles. The third-order valence-corrected chi connectivity index (χ3v) is 7.27. The summed E-state index contributed by atoms with van der Waals surface area (Å²) in [6.07, 6.45) is 0. The number of nitrogens with zero attached hydrogens (tertiary/aromatic N) is 3. The quantitative estimate of drug-likeness (QED) is 0.633. The van der Waals surface area contributed by atoms with Gasteiger partial charge in [0.15, 0.2) is 5.75 Å². The predicted octanol–water partition coefficient (Wildman–Crippen LogP) is 3.88. The third kappa shape index (κ3) is 3.36. The number of hydrogen-bond acceptors (Lipinski definition) is 5. The lowest BCUT2D eigenvalue weighted by molar-refractivity contribution is 0.266. The van der Waals surface area contributed by atoms with Crippen molar-refractivity contribution in [1.82, 2.24) is 9.21 Å². The molecule has 6 nitrogen and oxygen atoms in total. The van der Waals surface area contributed by atoms with Crippen molar-refractivity contribution < 1.29 is 13.2 Å². The van der Waals surface area contributed by atoms with Crippen LogP contribution < -0.4 is 4.74 Å². The Morgan fingerprint density at radius 2 is 1.37 bits per heavy atom. The first-order chi connectivity index (χ1) is 14.6. The molecule has 0 aromatic heterocycles. The fourth-order valence-corrected chi connectivity index (χ4v) is 5.24. The van der Waals surface area contributed by atoms with Crippen molar-refractivity contribution in [3.05, 3.63) is 84.4 Å². The molecule has 5 rings (SSSR count). The third-order valence-electron chi connectivity index (χ3n) is 5.36. The topological polar surface area (TPSA) is 62.2 Å². The Labute approximate surface area is 176 Å². The van der Waals surface area contributed by atoms with Gasteiger partial charge in [-0.15, -0.1) is 0 Å². The molecule has 2 aliphatic rings. The van der Waals surface area contributed by atoms with Crippen LogP contribution in [0, 0.1) is 0 Å². The summed E-state index contributed by atoms with van der Waals surface area (Å²) in [6.45, 7) is 1.92. The molecule has 0 atom stereocenters. The van der Waals surface area contributed by atoms with E-state index in [2.05, 4.69) is 4.90 Å². The van der Waals surface area contributed by atoms with Crippen molar-refractivity contribution in [3.63, 3.8) is 0 Å². The Morgan fingerprint density at radius 1 is 0.733 bits per heavy atom. The van der Waals surface area contributed by atoms with E-state index in [1.807, 2.05) is 54.6 Å². The van der Waals surface area contributed by atoms with Crippen molar-refractivity contribution in [3.8, 4) is 11.5 Å². The summed E-state index contributed by atoms with van der Waals surface area (Å²) in [5, 5.41) is 0. The van der Waals surface area contributed by atoms with Gasteiger partial charge in [0, 0.05) is 26.2 Å². The molecule has 152 valence electrons. The van der Waals surface area contributed by atoms with Crippen LogP contribution in [-0.2, 0) is 10.0 Å². The molecule has 0 amide bonds. The highest BCUT2D eigenvalue weighted by Crippen LogP contribution is 2.38. The summed E-state index contributed by atoms with van der Waals surface area (Å²) in [4.78, 5) is 7.37. The number of rotatable bonds is 2. The van der Waals surface area contributed by atoms with Crippen molar-refractivity contribution in [1.29, 1.82) is 0 Å². The van der Waals surface area contributed by atoms with Crippen molar-refractivity contribution in [2.45, 2.75) is 4.90 Å². The normalized spacial score (nSPS) is 16.7. The van der Waals surface area contributed by atoms with E-state index in [1.54, 1.807) is 28.6 Å². The predicted molar refractivity (Wildman–Crippen MR) is 116 cm³/mol. The van der Waals surface area contributed by atoms with E-state index in [0.29, 0.717) is 36.8 Å². The molecule has 0 spiro atoms. The molecule has 0 bridgehead atoms. The van der Waals surface area contributed by atoms with Gasteiger partial charge in [-0.3, -0.25) is 0 Å². The van der Waals surface area contributed by atoms with Gasteiger partial charge in [-0.05, 0) is 36.4 Å². The minimum Gasteiger partial charge on any atom is -0.454 e. The van der Waals surface area contributed by atoms with E-state index in [1.165, 1.54) is 0 Å². The van der Waals surface area contributed by atoms with Gasteiger partial charge in [-0.25, -0.2) is 13.4 Å². The van der Waals surface area contributed by atoms with E-state index >= 15 is 0 Å². The summed E-state index contributed by atoms with van der Waals surface area (Å²) >= 11 is 0. The lowest BCUT2D eigenvalue weighted by atomic mass is 10.1. The number of fused-ring (bicyclic) bond motifs is 2. The maximum absolute atomic E-state index is 12.9. The van der Waals surface area contributed by atoms with E-state index in [-0.39, 0.29) is 0 Å². The zero-order chi connectivity index (χ0) is 20.6. The lowest BCUT2D eigenvalue weighted by Crippen LogP contribution is -2.50. The van der Waals surface area contributed by atoms with Gasteiger partial charge in [0.05, 0.1) is 10.5 Å². The number of ether oxygens (including phenoxy) is 1. The monoisotopic (exact) mass is 419 g/mol. The molecule has 0 unspecified atom stereocenters. The molecule has 0 N–H and O–H groups in total. The summed E-state index contributed by atoms with van der Waals surface area (Å²) in [6, 6.07) is 24.1. The van der Waals surface area contributed by atoms with Gasteiger partial charge in [0.1, 0.15) is 17.3 Å². The Balaban J connectivity index is 1.44. The van der Waals surface area contributed by atoms with Crippen LogP contribution in [0.2, 0.25) is 0 Å². The maximum Gasteiger partial charge on any atom is 0.243 e. The molecule has 2 aliphatic heterocycles. The minimum atomic E-state index is -3.49. The summed E-state index contributed by atoms with van der Waals surface area (Å²) in [5.74, 6) is 2.28. The largest absolute Gasteiger partial charge is 0.454 e. The van der Waals surface area contributed by atoms with Crippen molar-refractivity contribution >= 4 is 21.5 Å². The number of aliphatic imine (C=N–C) groups is 1. The average molecular weight is 420 g/mol. The highest BCUT2D eigenvalue weighted by molar-refractivity contribution is 7.89. The zero-order valence-corrected chi connectivity index (χ0v) is 17.1. The molecule has 2 heterocycles. The van der Waals surface area contributed by atoms with Crippen LogP contribution in [0.15, 0.2) is 88.8 Å². The van der Waals surface area contributed by atoms with Gasteiger partial charge < -0.3 is 9.64 Å². The lowest BCUT2D eigenvalue weighted by Gasteiger charge is -2.35. The van der Waals surface area contributed by atoms with E-state index in [4.69, 9.17) is 9.73 Å². The van der Waals surface area contributed by atoms with Crippen LogP contribution in [0.4, 0.5) is 5.69 Å². The second-order valence-corrected chi connectivity index (χ2v) is 9.14. The van der Waals surface area contributed by atoms with Gasteiger partial charge in [-0.2, -0.15) is 4.31 Å². The number of piperazine rings is 1. The minimum absolute atomic E-state index is 0.331. The van der Waals surface area contributed by atoms with Gasteiger partial charge in [0.25, 0.3) is 0 Å². The molecule has 1 saturated heterocycles. The first-order valence-corrected chi connectivity index (χ1v) is 11.3. The fraction of sp³-hybridized carbons (Fsp3) is 0.174. The molecule has 30 heavy (non-hydrogen) atoms. The van der Waals surface area contributed by atoms with Crippen molar-refractivity contribution in [2.24, 2.45) is 4.99 Å². The van der Waals surface area contributed by atoms with E-state index in [0.717, 1.165) is 22.8 Å². The average Bonchev–Trinajstić information content (AvgIpc) is 2.96. The number of hydrogen-bond donors (Lipinski definition) is 0. The smallest absolute Gasteiger partial charge is 0.243 e. The molecule has 0 saturated carbocycles. The molecule has 0 aliphatic carbocycles. The van der Waals surface area contributed by atoms with E-state index < -0.39 is 10.0 Å². The van der Waals surface area contributed by atoms with Crippen LogP contribution in [-0.4, -0.2) is 49.6 Å².